The van der Waals surface area contributed by atoms with E-state index in [1.165, 1.54) is 18.3 Å². The van der Waals surface area contributed by atoms with Gasteiger partial charge in [0.1, 0.15) is 0 Å². The Morgan fingerprint density at radius 2 is 1.90 bits per heavy atom. The van der Waals surface area contributed by atoms with Crippen LogP contribution in [0.25, 0.3) is 0 Å². The van der Waals surface area contributed by atoms with Crippen LogP contribution in [0.2, 0.25) is 0 Å². The van der Waals surface area contributed by atoms with Crippen LogP contribution in [0.4, 0.5) is 5.13 Å². The van der Waals surface area contributed by atoms with E-state index < -0.39 is 23.0 Å². The first kappa shape index (κ1) is 16.5. The van der Waals surface area contributed by atoms with Crippen LogP contribution in [-0.2, 0) is 25.6 Å². The molecule has 0 amide bonds. The number of esters is 2. The molecule has 0 aliphatic heterocycles. The molecule has 0 aliphatic rings. The number of thiazole rings is 1. The van der Waals surface area contributed by atoms with Gasteiger partial charge in [0.2, 0.25) is 0 Å². The van der Waals surface area contributed by atoms with Crippen LogP contribution in [0.15, 0.2) is 5.38 Å². The normalized spacial score (nSPS) is 14.7. The number of ether oxygens (including phenoxy) is 1. The number of carbonyl (C=O) groups excluding carboxylic acids is 2. The Bertz CT molecular complexity index is 509. The summed E-state index contributed by atoms with van der Waals surface area (Å²) in [6, 6.07) is 0. The summed E-state index contributed by atoms with van der Waals surface area (Å²) in [5.74, 6) is 3.68. The van der Waals surface area contributed by atoms with Crippen molar-refractivity contribution in [1.29, 1.82) is 0 Å². The molecule has 112 valence electrons. The van der Waals surface area contributed by atoms with Crippen molar-refractivity contribution in [2.75, 3.05) is 5.73 Å². The van der Waals surface area contributed by atoms with E-state index in [1.807, 2.05) is 0 Å². The second-order valence-electron chi connectivity index (χ2n) is 5.63. The highest BCUT2D eigenvalue weighted by molar-refractivity contribution is 7.13. The van der Waals surface area contributed by atoms with Crippen molar-refractivity contribution in [3.05, 3.63) is 11.1 Å². The van der Waals surface area contributed by atoms with Crippen molar-refractivity contribution < 1.29 is 19.2 Å². The van der Waals surface area contributed by atoms with Gasteiger partial charge in [-0.15, -0.1) is 11.3 Å². The number of nitrogens with two attached hydrogens (primary N) is 2. The average molecular weight is 301 g/mol. The highest BCUT2D eigenvalue weighted by Crippen LogP contribution is 2.23. The zero-order valence-corrected chi connectivity index (χ0v) is 12.7. The van der Waals surface area contributed by atoms with Gasteiger partial charge in [0, 0.05) is 11.8 Å². The Balaban J connectivity index is 2.82. The van der Waals surface area contributed by atoms with Gasteiger partial charge >= 0.3 is 11.9 Å². The Hall–Kier alpha value is -1.51. The third-order valence-corrected chi connectivity index (χ3v) is 3.30. The van der Waals surface area contributed by atoms with Crippen molar-refractivity contribution in [2.45, 2.75) is 39.7 Å². The van der Waals surface area contributed by atoms with Crippen molar-refractivity contribution in [3.63, 3.8) is 0 Å². The maximum atomic E-state index is 12.1. The number of nitrogen functional groups attached to an aromatic ring is 1. The van der Waals surface area contributed by atoms with E-state index in [0.29, 0.717) is 10.8 Å². The number of carbonyl (C=O) groups is 2. The molecule has 0 saturated carbocycles. The fourth-order valence-electron chi connectivity index (χ4n) is 1.26. The summed E-state index contributed by atoms with van der Waals surface area (Å²) in [5, 5.41) is 2.06. The van der Waals surface area contributed by atoms with Crippen LogP contribution in [-0.4, -0.2) is 22.5 Å². The maximum absolute atomic E-state index is 12.1. The summed E-state index contributed by atoms with van der Waals surface area (Å²) < 4.78 is 4.81. The first-order chi connectivity index (χ1) is 9.08. The first-order valence-electron chi connectivity index (χ1n) is 5.93. The molecule has 0 fully saturated rings. The maximum Gasteiger partial charge on any atom is 0.348 e. The van der Waals surface area contributed by atoms with E-state index in [0.717, 1.165) is 0 Å². The molecule has 1 heterocycles. The lowest BCUT2D eigenvalue weighted by Gasteiger charge is -2.25. The molecule has 0 aromatic carbocycles. The number of hydrogen-bond donors (Lipinski definition) is 2. The topological polar surface area (TPSA) is 118 Å². The van der Waals surface area contributed by atoms with Gasteiger partial charge in [-0.3, -0.25) is 9.63 Å². The van der Waals surface area contributed by atoms with Gasteiger partial charge in [0.25, 0.3) is 0 Å². The van der Waals surface area contributed by atoms with Gasteiger partial charge in [-0.25, -0.2) is 15.7 Å². The smallest absolute Gasteiger partial charge is 0.348 e. The number of aromatic nitrogens is 1. The predicted octanol–water partition coefficient (Wildman–Crippen LogP) is 1.03. The summed E-state index contributed by atoms with van der Waals surface area (Å²) in [4.78, 5) is 32.5. The van der Waals surface area contributed by atoms with Gasteiger partial charge in [0.05, 0.1) is 11.1 Å². The lowest BCUT2D eigenvalue weighted by molar-refractivity contribution is -0.182. The fraction of sp³-hybridized carbons (Fsp3) is 0.583. The van der Waals surface area contributed by atoms with Crippen LogP contribution in [0.1, 0.15) is 33.4 Å². The van der Waals surface area contributed by atoms with Gasteiger partial charge < -0.3 is 10.5 Å². The largest absolute Gasteiger partial charge is 0.391 e. The highest BCUT2D eigenvalue weighted by Gasteiger charge is 2.40. The summed E-state index contributed by atoms with van der Waals surface area (Å²) in [6.07, 6.45) is 0.0630. The van der Waals surface area contributed by atoms with Crippen molar-refractivity contribution in [3.8, 4) is 0 Å². The van der Waals surface area contributed by atoms with Gasteiger partial charge in [-0.05, 0) is 27.7 Å². The predicted molar refractivity (Wildman–Crippen MR) is 74.5 cm³/mol. The molecule has 0 radical (unpaired) electrons. The van der Waals surface area contributed by atoms with Crippen LogP contribution >= 0.6 is 11.3 Å². The van der Waals surface area contributed by atoms with E-state index in [-0.39, 0.29) is 6.42 Å². The summed E-state index contributed by atoms with van der Waals surface area (Å²) >= 11 is 1.24. The second kappa shape index (κ2) is 5.86. The molecule has 1 unspecified atom stereocenters. The minimum absolute atomic E-state index is 0.0630. The minimum Gasteiger partial charge on any atom is -0.391 e. The van der Waals surface area contributed by atoms with Crippen molar-refractivity contribution in [1.82, 2.24) is 4.98 Å². The number of nitrogens with zero attached hydrogens (tertiary/aromatic N) is 1. The van der Waals surface area contributed by atoms with E-state index >= 15 is 0 Å². The van der Waals surface area contributed by atoms with E-state index in [4.69, 9.17) is 21.2 Å². The minimum atomic E-state index is -1.50. The third kappa shape index (κ3) is 3.99. The molecule has 8 heteroatoms. The van der Waals surface area contributed by atoms with Crippen LogP contribution in [0.3, 0.4) is 0 Å². The second-order valence-corrected chi connectivity index (χ2v) is 6.52. The zero-order chi connectivity index (χ0) is 15.6. The number of rotatable bonds is 4. The standard InChI is InChI=1S/C12H19N3O4S/c1-11(2,3)8(16)18-9(17)12(4,19-14)5-7-6-20-10(13)15-7/h6H,5,14H2,1-4H3,(H2,13,15). The van der Waals surface area contributed by atoms with Crippen molar-refractivity contribution >= 4 is 28.4 Å². The number of hydrogen-bond acceptors (Lipinski definition) is 8. The molecule has 4 N–H and O–H groups in total. The van der Waals surface area contributed by atoms with Gasteiger partial charge in [-0.2, -0.15) is 0 Å². The summed E-state index contributed by atoms with van der Waals surface area (Å²) in [7, 11) is 0. The molecule has 0 spiro atoms. The Labute approximate surface area is 121 Å². The molecule has 1 aromatic rings. The van der Waals surface area contributed by atoms with E-state index in [1.54, 1.807) is 26.2 Å². The molecule has 0 aliphatic carbocycles. The molecule has 1 aromatic heterocycles. The highest BCUT2D eigenvalue weighted by atomic mass is 32.1. The Morgan fingerprint density at radius 1 is 1.30 bits per heavy atom. The molecule has 0 bridgehead atoms. The Kier molecular flexibility index (Phi) is 4.85. The third-order valence-electron chi connectivity index (χ3n) is 2.58. The molecule has 1 atom stereocenters. The molecule has 1 rings (SSSR count). The molecule has 7 nitrogen and oxygen atoms in total. The summed E-state index contributed by atoms with van der Waals surface area (Å²) in [6.45, 7) is 6.36. The van der Waals surface area contributed by atoms with Crippen LogP contribution in [0.5, 0.6) is 0 Å². The Morgan fingerprint density at radius 3 is 2.30 bits per heavy atom. The molecular weight excluding hydrogens is 282 g/mol. The molecular formula is C12H19N3O4S. The van der Waals surface area contributed by atoms with Crippen molar-refractivity contribution in [2.24, 2.45) is 11.3 Å². The summed E-state index contributed by atoms with van der Waals surface area (Å²) in [5.41, 5.74) is 3.77. The van der Waals surface area contributed by atoms with Crippen LogP contribution in [0, 0.1) is 5.41 Å². The molecule has 20 heavy (non-hydrogen) atoms. The molecule has 0 saturated heterocycles. The van der Waals surface area contributed by atoms with E-state index in [9.17, 15) is 9.59 Å². The SMILES string of the molecule is CC(C)(C)C(=O)OC(=O)C(C)(Cc1csc(N)n1)ON. The first-order valence-corrected chi connectivity index (χ1v) is 6.81. The quantitative estimate of drug-likeness (QED) is 0.484. The average Bonchev–Trinajstić information content (AvgIpc) is 2.73. The lowest BCUT2D eigenvalue weighted by Crippen LogP contribution is -2.46. The van der Waals surface area contributed by atoms with Gasteiger partial charge in [-0.1, -0.05) is 0 Å². The van der Waals surface area contributed by atoms with E-state index in [2.05, 4.69) is 4.98 Å². The number of anilines is 1. The monoisotopic (exact) mass is 301 g/mol. The van der Waals surface area contributed by atoms with Crippen LogP contribution < -0.4 is 11.6 Å². The zero-order valence-electron chi connectivity index (χ0n) is 11.9. The fourth-order valence-corrected chi connectivity index (χ4v) is 1.82. The lowest BCUT2D eigenvalue weighted by atomic mass is 9.96. The van der Waals surface area contributed by atoms with Gasteiger partial charge in [0.15, 0.2) is 10.7 Å².